The molecule has 4 aromatic rings. The zero-order valence-electron chi connectivity index (χ0n) is 26.5. The van der Waals surface area contributed by atoms with E-state index in [1.165, 1.54) is 17.0 Å². The summed E-state index contributed by atoms with van der Waals surface area (Å²) < 4.78 is 36.2. The molecule has 0 aliphatic carbocycles. The highest BCUT2D eigenvalue weighted by atomic mass is 79.9. The van der Waals surface area contributed by atoms with Crippen LogP contribution in [0.1, 0.15) is 38.8 Å². The van der Waals surface area contributed by atoms with Crippen LogP contribution in [0.2, 0.25) is 0 Å². The minimum Gasteiger partial charge on any atom is -0.492 e. The van der Waals surface area contributed by atoms with Gasteiger partial charge in [-0.3, -0.25) is 13.9 Å². The van der Waals surface area contributed by atoms with E-state index in [-0.39, 0.29) is 29.5 Å². The zero-order chi connectivity index (χ0) is 33.3. The summed E-state index contributed by atoms with van der Waals surface area (Å²) in [6, 6.07) is 30.7. The second-order valence-corrected chi connectivity index (χ2v) is 14.6. The van der Waals surface area contributed by atoms with E-state index in [1.807, 2.05) is 75.4 Å². The van der Waals surface area contributed by atoms with E-state index in [0.717, 1.165) is 19.9 Å². The van der Waals surface area contributed by atoms with Gasteiger partial charge < -0.3 is 15.0 Å². The average molecular weight is 707 g/mol. The van der Waals surface area contributed by atoms with Crippen molar-refractivity contribution in [1.82, 2.24) is 10.2 Å². The van der Waals surface area contributed by atoms with E-state index in [0.29, 0.717) is 12.4 Å². The quantitative estimate of drug-likeness (QED) is 0.169. The van der Waals surface area contributed by atoms with E-state index < -0.39 is 34.1 Å². The molecule has 4 aromatic carbocycles. The highest BCUT2D eigenvalue weighted by Crippen LogP contribution is 2.33. The molecule has 0 spiro atoms. The number of para-hydroxylation sites is 2. The first-order chi connectivity index (χ1) is 21.9. The van der Waals surface area contributed by atoms with Gasteiger partial charge in [0.15, 0.2) is 0 Å². The zero-order valence-corrected chi connectivity index (χ0v) is 28.9. The van der Waals surface area contributed by atoms with Crippen molar-refractivity contribution in [2.75, 3.05) is 17.5 Å². The van der Waals surface area contributed by atoms with Crippen LogP contribution in [-0.2, 0) is 32.6 Å². The molecule has 0 radical (unpaired) electrons. The molecule has 1 N–H and O–H groups in total. The van der Waals surface area contributed by atoms with Gasteiger partial charge in [-0.05, 0) is 75.2 Å². The van der Waals surface area contributed by atoms with Crippen LogP contribution in [0.4, 0.5) is 5.69 Å². The lowest BCUT2D eigenvalue weighted by Crippen LogP contribution is -2.56. The lowest BCUT2D eigenvalue weighted by Gasteiger charge is -2.35. The van der Waals surface area contributed by atoms with E-state index in [9.17, 15) is 18.0 Å². The van der Waals surface area contributed by atoms with Gasteiger partial charge >= 0.3 is 0 Å². The Balaban J connectivity index is 1.84. The molecule has 0 aliphatic rings. The van der Waals surface area contributed by atoms with Crippen molar-refractivity contribution in [2.45, 2.75) is 57.1 Å². The number of hydrogen-bond donors (Lipinski definition) is 1. The summed E-state index contributed by atoms with van der Waals surface area (Å²) in [7, 11) is -4.24. The molecule has 46 heavy (non-hydrogen) atoms. The molecule has 0 aliphatic heterocycles. The SMILES string of the molecule is CCOc1ccccc1N(CC(=O)N(Cc1ccc(Br)cc1)C(Cc1ccccc1)C(=O)NC(C)(C)C)S(=O)(=O)c1ccccc1. The summed E-state index contributed by atoms with van der Waals surface area (Å²) in [6.45, 7) is 7.25. The summed E-state index contributed by atoms with van der Waals surface area (Å²) in [5.74, 6) is -0.559. The fourth-order valence-electron chi connectivity index (χ4n) is 4.97. The molecule has 10 heteroatoms. The van der Waals surface area contributed by atoms with Crippen LogP contribution in [0.25, 0.3) is 0 Å². The lowest BCUT2D eigenvalue weighted by molar-refractivity contribution is -0.140. The number of sulfonamides is 1. The molecular formula is C36H40BrN3O5S. The Labute approximate surface area is 280 Å². The Morgan fingerprint density at radius 2 is 1.41 bits per heavy atom. The molecule has 2 amide bonds. The molecular weight excluding hydrogens is 666 g/mol. The topological polar surface area (TPSA) is 96.0 Å². The number of nitrogens with one attached hydrogen (secondary N) is 1. The molecule has 0 saturated heterocycles. The van der Waals surface area contributed by atoms with Crippen LogP contribution in [0.5, 0.6) is 5.75 Å². The number of ether oxygens (including phenoxy) is 1. The third kappa shape index (κ3) is 9.20. The van der Waals surface area contributed by atoms with Crippen molar-refractivity contribution in [1.29, 1.82) is 0 Å². The number of carbonyl (C=O) groups is 2. The molecule has 8 nitrogen and oxygen atoms in total. The first-order valence-electron chi connectivity index (χ1n) is 15.1. The Morgan fingerprint density at radius 1 is 0.826 bits per heavy atom. The summed E-state index contributed by atoms with van der Waals surface area (Å²) in [6.07, 6.45) is 0.228. The average Bonchev–Trinajstić information content (AvgIpc) is 3.03. The molecule has 0 saturated carbocycles. The summed E-state index contributed by atoms with van der Waals surface area (Å²) in [5, 5.41) is 3.04. The maximum Gasteiger partial charge on any atom is 0.264 e. The van der Waals surface area contributed by atoms with Crippen molar-refractivity contribution >= 4 is 43.5 Å². The number of rotatable bonds is 13. The second kappa shape index (κ2) is 15.4. The van der Waals surface area contributed by atoms with Gasteiger partial charge in [0.1, 0.15) is 18.3 Å². The molecule has 0 fully saturated rings. The van der Waals surface area contributed by atoms with E-state index in [1.54, 1.807) is 49.4 Å². The maximum absolute atomic E-state index is 14.6. The fourth-order valence-corrected chi connectivity index (χ4v) is 6.68. The molecule has 242 valence electrons. The predicted molar refractivity (Wildman–Crippen MR) is 185 cm³/mol. The maximum atomic E-state index is 14.6. The minimum absolute atomic E-state index is 0.0277. The number of carbonyl (C=O) groups excluding carboxylic acids is 2. The van der Waals surface area contributed by atoms with Gasteiger partial charge in [-0.1, -0.05) is 88.7 Å². The van der Waals surface area contributed by atoms with Gasteiger partial charge in [0.2, 0.25) is 11.8 Å². The van der Waals surface area contributed by atoms with Crippen LogP contribution in [0.15, 0.2) is 119 Å². The van der Waals surface area contributed by atoms with Crippen molar-refractivity contribution < 1.29 is 22.7 Å². The predicted octanol–water partition coefficient (Wildman–Crippen LogP) is 6.60. The normalized spacial score (nSPS) is 12.2. The lowest BCUT2D eigenvalue weighted by atomic mass is 10.0. The van der Waals surface area contributed by atoms with Crippen molar-refractivity contribution in [3.05, 3.63) is 125 Å². The molecule has 0 aromatic heterocycles. The number of halogens is 1. The Hall–Kier alpha value is -4.15. The number of benzene rings is 4. The van der Waals surface area contributed by atoms with Crippen LogP contribution < -0.4 is 14.4 Å². The van der Waals surface area contributed by atoms with Crippen molar-refractivity contribution in [3.8, 4) is 5.75 Å². The molecule has 0 heterocycles. The van der Waals surface area contributed by atoms with Gasteiger partial charge in [0.25, 0.3) is 10.0 Å². The van der Waals surface area contributed by atoms with Crippen LogP contribution >= 0.6 is 15.9 Å². The van der Waals surface area contributed by atoms with Crippen LogP contribution in [0.3, 0.4) is 0 Å². The first kappa shape index (κ1) is 34.7. The van der Waals surface area contributed by atoms with Gasteiger partial charge in [0.05, 0.1) is 17.2 Å². The van der Waals surface area contributed by atoms with Gasteiger partial charge in [0, 0.05) is 23.0 Å². The van der Waals surface area contributed by atoms with Crippen LogP contribution in [0, 0.1) is 0 Å². The van der Waals surface area contributed by atoms with Crippen molar-refractivity contribution in [3.63, 3.8) is 0 Å². The summed E-state index contributed by atoms with van der Waals surface area (Å²) >= 11 is 3.46. The number of anilines is 1. The van der Waals surface area contributed by atoms with Gasteiger partial charge in [-0.25, -0.2) is 8.42 Å². The number of nitrogens with zero attached hydrogens (tertiary/aromatic N) is 2. The highest BCUT2D eigenvalue weighted by molar-refractivity contribution is 9.10. The Kier molecular flexibility index (Phi) is 11.6. The van der Waals surface area contributed by atoms with E-state index in [2.05, 4.69) is 21.2 Å². The molecule has 4 rings (SSSR count). The van der Waals surface area contributed by atoms with E-state index >= 15 is 0 Å². The van der Waals surface area contributed by atoms with Gasteiger partial charge in [-0.2, -0.15) is 0 Å². The molecule has 1 atom stereocenters. The minimum atomic E-state index is -4.24. The van der Waals surface area contributed by atoms with E-state index in [4.69, 9.17) is 4.74 Å². The fraction of sp³-hybridized carbons (Fsp3) is 0.278. The molecule has 1 unspecified atom stereocenters. The summed E-state index contributed by atoms with van der Waals surface area (Å²) in [4.78, 5) is 30.1. The standard InChI is InChI=1S/C36H40BrN3O5S/c1-5-45-33-19-13-12-18-31(33)40(46(43,44)30-16-10-7-11-17-30)26-34(41)39(25-28-20-22-29(37)23-21-28)32(35(42)38-36(2,3)4)24-27-14-8-6-9-15-27/h6-23,32H,5,24-26H2,1-4H3,(H,38,42). The number of amides is 2. The highest BCUT2D eigenvalue weighted by Gasteiger charge is 2.36. The monoisotopic (exact) mass is 705 g/mol. The van der Waals surface area contributed by atoms with Gasteiger partial charge in [-0.15, -0.1) is 0 Å². The largest absolute Gasteiger partial charge is 0.492 e. The summed E-state index contributed by atoms with van der Waals surface area (Å²) in [5.41, 5.74) is 1.30. The molecule has 0 bridgehead atoms. The second-order valence-electron chi connectivity index (χ2n) is 11.8. The first-order valence-corrected chi connectivity index (χ1v) is 17.3. The third-order valence-electron chi connectivity index (χ3n) is 7.08. The Bertz CT molecular complexity index is 1710. The third-order valence-corrected chi connectivity index (χ3v) is 9.38. The van der Waals surface area contributed by atoms with Crippen molar-refractivity contribution in [2.24, 2.45) is 0 Å². The number of hydrogen-bond acceptors (Lipinski definition) is 5. The smallest absolute Gasteiger partial charge is 0.264 e. The van der Waals surface area contributed by atoms with Crippen LogP contribution in [-0.4, -0.2) is 49.9 Å². The Morgan fingerprint density at radius 3 is 2.02 bits per heavy atom.